The van der Waals surface area contributed by atoms with E-state index in [4.69, 9.17) is 16.3 Å². The van der Waals surface area contributed by atoms with Crippen LogP contribution in [0.1, 0.15) is 25.8 Å². The van der Waals surface area contributed by atoms with Crippen molar-refractivity contribution in [2.45, 2.75) is 37.8 Å². The molecule has 1 atom stereocenters. The Labute approximate surface area is 229 Å². The number of methoxy groups -OCH3 is 1. The van der Waals surface area contributed by atoms with E-state index in [1.165, 1.54) is 17.0 Å². The Morgan fingerprint density at radius 1 is 1.00 bits per heavy atom. The number of rotatable bonds is 12. The van der Waals surface area contributed by atoms with E-state index in [9.17, 15) is 18.0 Å². The molecule has 1 N–H and O–H groups in total. The summed E-state index contributed by atoms with van der Waals surface area (Å²) in [4.78, 5) is 28.1. The summed E-state index contributed by atoms with van der Waals surface area (Å²) in [5.74, 6) is -0.299. The standard InChI is InChI=1S/C28H32ClN3O5S/c1-4-17-30-28(34)21(2)31(19-22-11-10-12-23(18-22)37-3)27(33)20-32(26-16-9-8-15-25(26)29)38(35,36)24-13-6-5-7-14-24/h5-16,18,21H,4,17,19-20H2,1-3H3,(H,30,34). The van der Waals surface area contributed by atoms with E-state index < -0.39 is 28.5 Å². The van der Waals surface area contributed by atoms with Crippen molar-refractivity contribution in [1.82, 2.24) is 10.2 Å². The van der Waals surface area contributed by atoms with Crippen molar-refractivity contribution >= 4 is 39.1 Å². The molecule has 0 radical (unpaired) electrons. The molecule has 3 aromatic rings. The SMILES string of the molecule is CCCNC(=O)C(C)N(Cc1cccc(OC)c1)C(=O)CN(c1ccccc1Cl)S(=O)(=O)c1ccccc1. The molecule has 3 aromatic carbocycles. The van der Waals surface area contributed by atoms with Crippen molar-refractivity contribution in [3.8, 4) is 5.75 Å². The van der Waals surface area contributed by atoms with Crippen LogP contribution >= 0.6 is 11.6 Å². The zero-order chi connectivity index (χ0) is 27.7. The Morgan fingerprint density at radius 3 is 2.34 bits per heavy atom. The number of carbonyl (C=O) groups excluding carboxylic acids is 2. The van der Waals surface area contributed by atoms with Crippen molar-refractivity contribution in [1.29, 1.82) is 0 Å². The van der Waals surface area contributed by atoms with Crippen LogP contribution in [0.15, 0.2) is 83.8 Å². The molecular weight excluding hydrogens is 526 g/mol. The van der Waals surface area contributed by atoms with Gasteiger partial charge in [-0.2, -0.15) is 0 Å². The second kappa shape index (κ2) is 13.3. The summed E-state index contributed by atoms with van der Waals surface area (Å²) in [6.45, 7) is 3.52. The first-order valence-corrected chi connectivity index (χ1v) is 14.0. The van der Waals surface area contributed by atoms with Crippen molar-refractivity contribution in [2.24, 2.45) is 0 Å². The Morgan fingerprint density at radius 2 is 1.68 bits per heavy atom. The molecule has 0 aliphatic rings. The van der Waals surface area contributed by atoms with Gasteiger partial charge in [0, 0.05) is 13.1 Å². The van der Waals surface area contributed by atoms with Crippen LogP contribution in [0.2, 0.25) is 5.02 Å². The number of halogens is 1. The first kappa shape index (κ1) is 29.0. The van der Waals surface area contributed by atoms with Gasteiger partial charge in [-0.15, -0.1) is 0 Å². The quantitative estimate of drug-likeness (QED) is 0.354. The van der Waals surface area contributed by atoms with Crippen LogP contribution in [-0.4, -0.2) is 51.4 Å². The summed E-state index contributed by atoms with van der Waals surface area (Å²) in [5.41, 5.74) is 0.888. The van der Waals surface area contributed by atoms with Gasteiger partial charge in [0.05, 0.1) is 22.7 Å². The maximum absolute atomic E-state index is 13.9. The van der Waals surface area contributed by atoms with E-state index in [0.717, 1.165) is 16.3 Å². The van der Waals surface area contributed by atoms with E-state index in [-0.39, 0.29) is 28.1 Å². The van der Waals surface area contributed by atoms with Gasteiger partial charge in [-0.05, 0) is 55.3 Å². The van der Waals surface area contributed by atoms with Crippen LogP contribution in [0.3, 0.4) is 0 Å². The Bertz CT molecular complexity index is 1350. The largest absolute Gasteiger partial charge is 0.497 e. The van der Waals surface area contributed by atoms with Crippen molar-refractivity contribution in [3.05, 3.63) is 89.4 Å². The van der Waals surface area contributed by atoms with Gasteiger partial charge in [0.25, 0.3) is 10.0 Å². The monoisotopic (exact) mass is 557 g/mol. The first-order chi connectivity index (χ1) is 18.2. The third-order valence-electron chi connectivity index (χ3n) is 5.93. The van der Waals surface area contributed by atoms with Gasteiger partial charge < -0.3 is 15.0 Å². The molecule has 2 amide bonds. The minimum atomic E-state index is -4.17. The molecule has 202 valence electrons. The number of nitrogens with zero attached hydrogens (tertiary/aromatic N) is 2. The molecule has 0 spiro atoms. The molecular formula is C28H32ClN3O5S. The number of amides is 2. The smallest absolute Gasteiger partial charge is 0.264 e. The maximum Gasteiger partial charge on any atom is 0.264 e. The zero-order valence-corrected chi connectivity index (χ0v) is 23.2. The van der Waals surface area contributed by atoms with Crippen LogP contribution in [0.25, 0.3) is 0 Å². The average Bonchev–Trinajstić information content (AvgIpc) is 2.93. The van der Waals surface area contributed by atoms with Crippen LogP contribution in [0.5, 0.6) is 5.75 Å². The number of hydrogen-bond acceptors (Lipinski definition) is 5. The number of anilines is 1. The van der Waals surface area contributed by atoms with Crippen molar-refractivity contribution in [2.75, 3.05) is 24.5 Å². The molecule has 1 unspecified atom stereocenters. The predicted octanol–water partition coefficient (Wildman–Crippen LogP) is 4.49. The average molecular weight is 558 g/mol. The van der Waals surface area contributed by atoms with Crippen molar-refractivity contribution < 1.29 is 22.7 Å². The molecule has 10 heteroatoms. The fraction of sp³-hybridized carbons (Fsp3) is 0.286. The van der Waals surface area contributed by atoms with Gasteiger partial charge >= 0.3 is 0 Å². The lowest BCUT2D eigenvalue weighted by Gasteiger charge is -2.32. The summed E-state index contributed by atoms with van der Waals surface area (Å²) in [7, 11) is -2.63. The van der Waals surface area contributed by atoms with Gasteiger partial charge in [0.2, 0.25) is 11.8 Å². The number of nitrogens with one attached hydrogen (secondary N) is 1. The van der Waals surface area contributed by atoms with E-state index >= 15 is 0 Å². The molecule has 38 heavy (non-hydrogen) atoms. The van der Waals surface area contributed by atoms with E-state index in [2.05, 4.69) is 5.32 Å². The van der Waals surface area contributed by atoms with Gasteiger partial charge in [0.15, 0.2) is 0 Å². The van der Waals surface area contributed by atoms with Gasteiger partial charge in [-0.3, -0.25) is 13.9 Å². The summed E-state index contributed by atoms with van der Waals surface area (Å²) in [6.07, 6.45) is 0.734. The number of carbonyl (C=O) groups is 2. The van der Waals surface area contributed by atoms with E-state index in [0.29, 0.717) is 12.3 Å². The summed E-state index contributed by atoms with van der Waals surface area (Å²) in [6, 6.07) is 20.5. The zero-order valence-electron chi connectivity index (χ0n) is 21.6. The molecule has 0 fully saturated rings. The normalized spacial score (nSPS) is 11.9. The first-order valence-electron chi connectivity index (χ1n) is 12.2. The minimum Gasteiger partial charge on any atom is -0.497 e. The molecule has 0 aliphatic carbocycles. The van der Waals surface area contributed by atoms with Gasteiger partial charge in [-0.1, -0.05) is 61.0 Å². The molecule has 0 saturated heterocycles. The third-order valence-corrected chi connectivity index (χ3v) is 8.03. The number of hydrogen-bond donors (Lipinski definition) is 1. The maximum atomic E-state index is 13.9. The van der Waals surface area contributed by atoms with Crippen LogP contribution < -0.4 is 14.4 Å². The molecule has 0 bridgehead atoms. The predicted molar refractivity (Wildman–Crippen MR) is 149 cm³/mol. The number of para-hydroxylation sites is 1. The fourth-order valence-electron chi connectivity index (χ4n) is 3.83. The topological polar surface area (TPSA) is 96.0 Å². The lowest BCUT2D eigenvalue weighted by molar-refractivity contribution is -0.139. The highest BCUT2D eigenvalue weighted by Crippen LogP contribution is 2.30. The highest BCUT2D eigenvalue weighted by molar-refractivity contribution is 7.92. The molecule has 0 saturated carbocycles. The highest BCUT2D eigenvalue weighted by Gasteiger charge is 2.33. The Kier molecular flexibility index (Phi) is 10.2. The lowest BCUT2D eigenvalue weighted by atomic mass is 10.1. The molecule has 3 rings (SSSR count). The lowest BCUT2D eigenvalue weighted by Crippen LogP contribution is -2.51. The number of benzene rings is 3. The molecule has 0 heterocycles. The van der Waals surface area contributed by atoms with Gasteiger partial charge in [0.1, 0.15) is 18.3 Å². The third kappa shape index (κ3) is 7.05. The molecule has 8 nitrogen and oxygen atoms in total. The van der Waals surface area contributed by atoms with Crippen LogP contribution in [-0.2, 0) is 26.2 Å². The Balaban J connectivity index is 2.02. The second-order valence-electron chi connectivity index (χ2n) is 8.62. The number of sulfonamides is 1. The molecule has 0 aliphatic heterocycles. The minimum absolute atomic E-state index is 0.0146. The second-order valence-corrected chi connectivity index (χ2v) is 10.9. The summed E-state index contributed by atoms with van der Waals surface area (Å²) in [5, 5.41) is 2.99. The van der Waals surface area contributed by atoms with E-state index in [1.54, 1.807) is 74.7 Å². The molecule has 0 aromatic heterocycles. The summed E-state index contributed by atoms with van der Waals surface area (Å²) >= 11 is 6.40. The highest BCUT2D eigenvalue weighted by atomic mass is 35.5. The number of ether oxygens (including phenoxy) is 1. The summed E-state index contributed by atoms with van der Waals surface area (Å²) < 4.78 is 33.8. The van der Waals surface area contributed by atoms with Crippen LogP contribution in [0, 0.1) is 0 Å². The van der Waals surface area contributed by atoms with Gasteiger partial charge in [-0.25, -0.2) is 8.42 Å². The Hall–Kier alpha value is -3.56. The fourth-order valence-corrected chi connectivity index (χ4v) is 5.58. The van der Waals surface area contributed by atoms with Crippen molar-refractivity contribution in [3.63, 3.8) is 0 Å². The van der Waals surface area contributed by atoms with Crippen LogP contribution in [0.4, 0.5) is 5.69 Å². The van der Waals surface area contributed by atoms with E-state index in [1.807, 2.05) is 13.0 Å².